The molecule has 0 spiro atoms. The van der Waals surface area contributed by atoms with Crippen LogP contribution < -0.4 is 5.32 Å². The predicted octanol–water partition coefficient (Wildman–Crippen LogP) is 5.66. The first kappa shape index (κ1) is 26.2. The Morgan fingerprint density at radius 3 is 2.62 bits per heavy atom. The summed E-state index contributed by atoms with van der Waals surface area (Å²) in [6.45, 7) is 7.58. The Morgan fingerprint density at radius 1 is 1.15 bits per heavy atom. The molecule has 0 fully saturated rings. The van der Waals surface area contributed by atoms with Crippen LogP contribution in [0.25, 0.3) is 10.8 Å². The number of aromatic nitrogens is 2. The fourth-order valence-corrected chi connectivity index (χ4v) is 5.28. The molecule has 0 aliphatic heterocycles. The van der Waals surface area contributed by atoms with Crippen LogP contribution in [0.1, 0.15) is 52.5 Å². The molecule has 2 aromatic carbocycles. The first-order chi connectivity index (χ1) is 16.3. The van der Waals surface area contributed by atoms with Gasteiger partial charge < -0.3 is 10.1 Å². The lowest BCUT2D eigenvalue weighted by Crippen LogP contribution is -2.47. The minimum atomic E-state index is -0.659. The lowest BCUT2D eigenvalue weighted by Gasteiger charge is -2.26. The number of nitrogens with zero attached hydrogens (tertiary/aromatic N) is 2. The average molecular weight is 500 g/mol. The summed E-state index contributed by atoms with van der Waals surface area (Å²) >= 11 is 2.98. The molecule has 0 aliphatic carbocycles. The predicted molar refractivity (Wildman–Crippen MR) is 139 cm³/mol. The van der Waals surface area contributed by atoms with Crippen LogP contribution in [0.2, 0.25) is 0 Å². The van der Waals surface area contributed by atoms with Crippen molar-refractivity contribution >= 4 is 45.7 Å². The van der Waals surface area contributed by atoms with Crippen molar-refractivity contribution in [2.75, 3.05) is 5.75 Å². The lowest BCUT2D eigenvalue weighted by molar-refractivity contribution is -0.159. The van der Waals surface area contributed by atoms with Gasteiger partial charge in [-0.15, -0.1) is 10.2 Å². The summed E-state index contributed by atoms with van der Waals surface area (Å²) in [6.07, 6.45) is 2.88. The summed E-state index contributed by atoms with van der Waals surface area (Å²) in [6, 6.07) is 13.7. The zero-order valence-corrected chi connectivity index (χ0v) is 21.9. The zero-order valence-electron chi connectivity index (χ0n) is 20.2. The van der Waals surface area contributed by atoms with Gasteiger partial charge in [0.1, 0.15) is 17.2 Å². The van der Waals surface area contributed by atoms with Gasteiger partial charge in [0.2, 0.25) is 5.91 Å². The number of ether oxygens (including phenoxy) is 1. The molecular weight excluding hydrogens is 466 g/mol. The SMILES string of the molecule is CCCC[C@H](NC(=O)[C@@H](CSc1nncs1)Cc1cccc2ccccc12)C(=O)OC(C)(C)C. The first-order valence-electron chi connectivity index (χ1n) is 11.7. The highest BCUT2D eigenvalue weighted by molar-refractivity contribution is 8.01. The molecule has 34 heavy (non-hydrogen) atoms. The largest absolute Gasteiger partial charge is 0.458 e. The number of nitrogens with one attached hydrogen (secondary N) is 1. The second-order valence-corrected chi connectivity index (χ2v) is 11.4. The molecule has 6 nitrogen and oxygen atoms in total. The van der Waals surface area contributed by atoms with Gasteiger partial charge >= 0.3 is 5.97 Å². The minimum Gasteiger partial charge on any atom is -0.458 e. The molecule has 0 saturated carbocycles. The summed E-state index contributed by atoms with van der Waals surface area (Å²) in [5.41, 5.74) is 2.19. The molecule has 0 aliphatic rings. The molecule has 0 radical (unpaired) electrons. The number of hydrogen-bond donors (Lipinski definition) is 1. The number of fused-ring (bicyclic) bond motifs is 1. The molecule has 182 valence electrons. The maximum absolute atomic E-state index is 13.5. The monoisotopic (exact) mass is 499 g/mol. The second-order valence-electron chi connectivity index (χ2n) is 9.29. The third-order valence-corrected chi connectivity index (χ3v) is 7.34. The molecule has 3 rings (SSSR count). The van der Waals surface area contributed by atoms with Crippen molar-refractivity contribution in [3.05, 3.63) is 53.5 Å². The number of benzene rings is 2. The molecule has 0 saturated heterocycles. The second kappa shape index (κ2) is 12.3. The van der Waals surface area contributed by atoms with Crippen LogP contribution in [0.3, 0.4) is 0 Å². The maximum atomic E-state index is 13.5. The summed E-state index contributed by atoms with van der Waals surface area (Å²) in [5.74, 6) is -0.322. The highest BCUT2D eigenvalue weighted by Gasteiger charge is 2.29. The molecule has 1 N–H and O–H groups in total. The Bertz CT molecular complexity index is 1080. The van der Waals surface area contributed by atoms with Gasteiger partial charge in [0.15, 0.2) is 4.34 Å². The molecule has 2 atom stereocenters. The fourth-order valence-electron chi connectivity index (χ4n) is 3.68. The van der Waals surface area contributed by atoms with Crippen LogP contribution in [0.15, 0.2) is 52.3 Å². The molecule has 8 heteroatoms. The van der Waals surface area contributed by atoms with E-state index in [1.807, 2.05) is 39.0 Å². The number of amides is 1. The Morgan fingerprint density at radius 2 is 1.91 bits per heavy atom. The van der Waals surface area contributed by atoms with Crippen molar-refractivity contribution in [3.63, 3.8) is 0 Å². The van der Waals surface area contributed by atoms with Crippen LogP contribution in [-0.2, 0) is 20.7 Å². The minimum absolute atomic E-state index is 0.142. The van der Waals surface area contributed by atoms with Crippen LogP contribution in [-0.4, -0.2) is 39.5 Å². The van der Waals surface area contributed by atoms with Crippen molar-refractivity contribution < 1.29 is 14.3 Å². The lowest BCUT2D eigenvalue weighted by atomic mass is 9.95. The summed E-state index contributed by atoms with van der Waals surface area (Å²) in [7, 11) is 0. The van der Waals surface area contributed by atoms with E-state index in [1.54, 1.807) is 5.51 Å². The number of thioether (sulfide) groups is 1. The van der Waals surface area contributed by atoms with Gasteiger partial charge in [-0.25, -0.2) is 4.79 Å². The Kier molecular flexibility index (Phi) is 9.47. The van der Waals surface area contributed by atoms with Gasteiger partial charge in [0, 0.05) is 5.75 Å². The van der Waals surface area contributed by atoms with Crippen LogP contribution in [0.5, 0.6) is 0 Å². The number of carbonyl (C=O) groups excluding carboxylic acids is 2. The number of esters is 1. The molecule has 0 unspecified atom stereocenters. The van der Waals surface area contributed by atoms with E-state index in [1.165, 1.54) is 23.1 Å². The molecule has 1 aromatic heterocycles. The van der Waals surface area contributed by atoms with Crippen molar-refractivity contribution in [1.82, 2.24) is 15.5 Å². The highest BCUT2D eigenvalue weighted by Crippen LogP contribution is 2.27. The smallest absolute Gasteiger partial charge is 0.329 e. The maximum Gasteiger partial charge on any atom is 0.329 e. The van der Waals surface area contributed by atoms with Gasteiger partial charge in [0.05, 0.1) is 5.92 Å². The van der Waals surface area contributed by atoms with E-state index in [2.05, 4.69) is 46.7 Å². The zero-order chi connectivity index (χ0) is 24.6. The highest BCUT2D eigenvalue weighted by atomic mass is 32.2. The van der Waals surface area contributed by atoms with Crippen molar-refractivity contribution in [2.45, 2.75) is 69.4 Å². The Balaban J connectivity index is 1.81. The van der Waals surface area contributed by atoms with Crippen LogP contribution in [0, 0.1) is 5.92 Å². The quantitative estimate of drug-likeness (QED) is 0.271. The molecule has 3 aromatic rings. The van der Waals surface area contributed by atoms with Gasteiger partial charge in [-0.2, -0.15) is 0 Å². The van der Waals surface area contributed by atoms with Crippen LogP contribution >= 0.6 is 23.1 Å². The number of unbranched alkanes of at least 4 members (excludes halogenated alkanes) is 1. The summed E-state index contributed by atoms with van der Waals surface area (Å²) < 4.78 is 6.42. The number of carbonyl (C=O) groups is 2. The van der Waals surface area contributed by atoms with E-state index in [0.717, 1.165) is 33.5 Å². The Labute approximate surface area is 209 Å². The molecular formula is C26H33N3O3S2. The standard InChI is InChI=1S/C26H33N3O3S2/c1-5-6-14-22(24(31)32-26(2,3)4)28-23(30)20(16-33-25-29-27-17-34-25)15-19-12-9-11-18-10-7-8-13-21(18)19/h7-13,17,20,22H,5-6,14-16H2,1-4H3,(H,28,30)/t20-,22+/m1/s1. The van der Waals surface area contributed by atoms with Gasteiger partial charge in [-0.05, 0) is 49.9 Å². The number of rotatable bonds is 11. The van der Waals surface area contributed by atoms with Gasteiger partial charge in [0.25, 0.3) is 0 Å². The molecule has 1 amide bonds. The number of hydrogen-bond acceptors (Lipinski definition) is 7. The average Bonchev–Trinajstić information content (AvgIpc) is 3.31. The van der Waals surface area contributed by atoms with E-state index >= 15 is 0 Å². The van der Waals surface area contributed by atoms with E-state index in [-0.39, 0.29) is 17.8 Å². The third kappa shape index (κ3) is 7.81. The first-order valence-corrected chi connectivity index (χ1v) is 13.5. The van der Waals surface area contributed by atoms with E-state index in [9.17, 15) is 9.59 Å². The third-order valence-electron chi connectivity index (χ3n) is 5.32. The van der Waals surface area contributed by atoms with Crippen molar-refractivity contribution in [1.29, 1.82) is 0 Å². The molecule has 1 heterocycles. The van der Waals surface area contributed by atoms with E-state index in [0.29, 0.717) is 18.6 Å². The molecule has 0 bridgehead atoms. The summed E-state index contributed by atoms with van der Waals surface area (Å²) in [4.78, 5) is 26.4. The van der Waals surface area contributed by atoms with Crippen molar-refractivity contribution in [3.8, 4) is 0 Å². The van der Waals surface area contributed by atoms with E-state index in [4.69, 9.17) is 4.74 Å². The normalized spacial score (nSPS) is 13.4. The van der Waals surface area contributed by atoms with Gasteiger partial charge in [-0.3, -0.25) is 4.79 Å². The van der Waals surface area contributed by atoms with Gasteiger partial charge in [-0.1, -0.05) is 85.3 Å². The Hall–Kier alpha value is -2.45. The van der Waals surface area contributed by atoms with Crippen molar-refractivity contribution in [2.24, 2.45) is 5.92 Å². The topological polar surface area (TPSA) is 81.2 Å². The summed E-state index contributed by atoms with van der Waals surface area (Å²) in [5, 5.41) is 13.3. The van der Waals surface area contributed by atoms with Crippen LogP contribution in [0.4, 0.5) is 0 Å². The fraction of sp³-hybridized carbons (Fsp3) is 0.462. The van der Waals surface area contributed by atoms with E-state index < -0.39 is 11.6 Å².